The second-order valence-corrected chi connectivity index (χ2v) is 8.10. The first-order chi connectivity index (χ1) is 16.0. The first-order valence-electron chi connectivity index (χ1n) is 10.6. The van der Waals surface area contributed by atoms with Crippen molar-refractivity contribution in [2.75, 3.05) is 16.8 Å². The Labute approximate surface area is 189 Å². The van der Waals surface area contributed by atoms with Crippen LogP contribution in [0.1, 0.15) is 24.8 Å². The van der Waals surface area contributed by atoms with Crippen molar-refractivity contribution in [2.24, 2.45) is 5.73 Å². The summed E-state index contributed by atoms with van der Waals surface area (Å²) < 4.78 is 5.65. The molecule has 0 fully saturated rings. The predicted octanol–water partition coefficient (Wildman–Crippen LogP) is 2.64. The van der Waals surface area contributed by atoms with Crippen LogP contribution in [-0.2, 0) is 24.5 Å². The van der Waals surface area contributed by atoms with Gasteiger partial charge in [-0.3, -0.25) is 14.4 Å². The van der Waals surface area contributed by atoms with Gasteiger partial charge in [0.05, 0.1) is 5.57 Å². The first-order valence-corrected chi connectivity index (χ1v) is 10.6. The first kappa shape index (κ1) is 20.5. The van der Waals surface area contributed by atoms with E-state index in [2.05, 4.69) is 5.32 Å². The molecule has 33 heavy (non-hydrogen) atoms. The lowest BCUT2D eigenvalue weighted by atomic mass is 9.65. The van der Waals surface area contributed by atoms with Crippen LogP contribution in [0.3, 0.4) is 0 Å². The molecule has 1 atom stereocenters. The maximum atomic E-state index is 14.1. The number of allylic oxidation sites excluding steroid dienone is 1. The molecule has 5 rings (SSSR count). The Morgan fingerprint density at radius 1 is 1.12 bits per heavy atom. The Morgan fingerprint density at radius 3 is 2.61 bits per heavy atom. The number of rotatable bonds is 3. The van der Waals surface area contributed by atoms with Gasteiger partial charge in [0.2, 0.25) is 17.7 Å². The summed E-state index contributed by atoms with van der Waals surface area (Å²) in [6, 6.07) is 17.8. The Balaban J connectivity index is 1.64. The summed E-state index contributed by atoms with van der Waals surface area (Å²) in [4.78, 5) is 41.4. The second kappa shape index (κ2) is 7.64. The largest absolute Gasteiger partial charge is 0.444 e. The summed E-state index contributed by atoms with van der Waals surface area (Å²) in [6.07, 6.45) is 1.25. The number of hydrogen-bond acceptors (Lipinski definition) is 6. The average Bonchev–Trinajstić information content (AvgIpc) is 3.03. The molecule has 0 aromatic heterocycles. The molecule has 2 aromatic rings. The van der Waals surface area contributed by atoms with E-state index in [0.29, 0.717) is 35.5 Å². The van der Waals surface area contributed by atoms with Crippen LogP contribution in [-0.4, -0.2) is 24.1 Å². The van der Waals surface area contributed by atoms with Crippen molar-refractivity contribution in [1.82, 2.24) is 0 Å². The zero-order chi connectivity index (χ0) is 23.2. The third-order valence-corrected chi connectivity index (χ3v) is 6.23. The van der Waals surface area contributed by atoms with E-state index in [-0.39, 0.29) is 35.8 Å². The molecule has 0 bridgehead atoms. The molecule has 0 saturated heterocycles. The predicted molar refractivity (Wildman–Crippen MR) is 119 cm³/mol. The number of ether oxygens (including phenoxy) is 1. The zero-order valence-corrected chi connectivity index (χ0v) is 17.6. The maximum absolute atomic E-state index is 14.1. The molecule has 0 radical (unpaired) electrons. The maximum Gasteiger partial charge on any atom is 0.248 e. The van der Waals surface area contributed by atoms with Crippen LogP contribution < -0.4 is 16.0 Å². The lowest BCUT2D eigenvalue weighted by Gasteiger charge is -2.37. The minimum absolute atomic E-state index is 0.125. The fourth-order valence-electron chi connectivity index (χ4n) is 4.93. The molecule has 164 valence electrons. The quantitative estimate of drug-likeness (QED) is 0.756. The van der Waals surface area contributed by atoms with Crippen molar-refractivity contribution in [2.45, 2.75) is 24.7 Å². The lowest BCUT2D eigenvalue weighted by Crippen LogP contribution is -2.50. The molecule has 2 amide bonds. The number of nitrogens with two attached hydrogens (primary N) is 1. The minimum atomic E-state index is -1.71. The van der Waals surface area contributed by atoms with Crippen molar-refractivity contribution in [3.05, 3.63) is 82.9 Å². The summed E-state index contributed by atoms with van der Waals surface area (Å²) in [7, 11) is 0. The molecule has 8 nitrogen and oxygen atoms in total. The smallest absolute Gasteiger partial charge is 0.248 e. The van der Waals surface area contributed by atoms with Gasteiger partial charge >= 0.3 is 0 Å². The number of nitriles is 1. The second-order valence-electron chi connectivity index (χ2n) is 8.10. The average molecular weight is 440 g/mol. The zero-order valence-electron chi connectivity index (χ0n) is 17.6. The standard InChI is InChI=1S/C25H20N4O4/c26-13-17-23(27)33-20-12-6-11-19(30)22(20)25(17)16-9-4-5-10-18(16)29(24(25)32)14-21(31)28-15-7-2-1-3-8-15/h1-5,7-10H,6,11-12,14,27H2,(H,28,31)/t25-/m1/s1. The van der Waals surface area contributed by atoms with E-state index in [1.165, 1.54) is 4.90 Å². The van der Waals surface area contributed by atoms with Crippen LogP contribution in [0.5, 0.6) is 0 Å². The van der Waals surface area contributed by atoms with Crippen LogP contribution >= 0.6 is 0 Å². The highest BCUT2D eigenvalue weighted by Crippen LogP contribution is 2.55. The van der Waals surface area contributed by atoms with Crippen LogP contribution in [0.4, 0.5) is 11.4 Å². The Bertz CT molecular complexity index is 1310. The highest BCUT2D eigenvalue weighted by molar-refractivity contribution is 6.21. The van der Waals surface area contributed by atoms with Crippen LogP contribution in [0.15, 0.2) is 77.4 Å². The van der Waals surface area contributed by atoms with Gasteiger partial charge in [0.25, 0.3) is 0 Å². The van der Waals surface area contributed by atoms with Crippen LogP contribution in [0.25, 0.3) is 0 Å². The van der Waals surface area contributed by atoms with E-state index in [1.807, 2.05) is 12.1 Å². The van der Waals surface area contributed by atoms with E-state index in [0.717, 1.165) is 0 Å². The number of carbonyl (C=O) groups is 3. The number of anilines is 2. The monoisotopic (exact) mass is 440 g/mol. The SMILES string of the molecule is N#CC1=C(N)OC2=C(C(=O)CCC2)[C@]12C(=O)N(CC(=O)Nc1ccccc1)c1ccccc12. The molecule has 8 heteroatoms. The molecule has 1 aliphatic carbocycles. The number of Topliss-reactive ketones (excluding diaryl/α,β-unsaturated/α-hetero) is 1. The van der Waals surface area contributed by atoms with E-state index in [9.17, 15) is 19.6 Å². The highest BCUT2D eigenvalue weighted by atomic mass is 16.5. The summed E-state index contributed by atoms with van der Waals surface area (Å²) in [5.74, 6) is -1.09. The third kappa shape index (κ3) is 2.93. The van der Waals surface area contributed by atoms with Gasteiger partial charge in [-0.25, -0.2) is 0 Å². The molecular weight excluding hydrogens is 420 g/mol. The summed E-state index contributed by atoms with van der Waals surface area (Å²) in [5.41, 5.74) is 5.92. The van der Waals surface area contributed by atoms with Crippen molar-refractivity contribution in [3.8, 4) is 6.07 Å². The van der Waals surface area contributed by atoms with Gasteiger partial charge in [-0.1, -0.05) is 36.4 Å². The van der Waals surface area contributed by atoms with Crippen LogP contribution in [0, 0.1) is 11.3 Å². The van der Waals surface area contributed by atoms with Gasteiger partial charge < -0.3 is 20.7 Å². The van der Waals surface area contributed by atoms with Gasteiger partial charge in [-0.2, -0.15) is 5.26 Å². The van der Waals surface area contributed by atoms with Crippen LogP contribution in [0.2, 0.25) is 0 Å². The fourth-order valence-corrected chi connectivity index (χ4v) is 4.93. The molecule has 1 spiro atoms. The molecule has 2 aliphatic heterocycles. The molecule has 0 unspecified atom stereocenters. The number of nitrogens with one attached hydrogen (secondary N) is 1. The number of nitrogens with zero attached hydrogens (tertiary/aromatic N) is 2. The molecule has 2 heterocycles. The Kier molecular flexibility index (Phi) is 4.75. The summed E-state index contributed by atoms with van der Waals surface area (Å²) >= 11 is 0. The number of hydrogen-bond donors (Lipinski definition) is 2. The van der Waals surface area contributed by atoms with Gasteiger partial charge in [-0.05, 0) is 24.6 Å². The Morgan fingerprint density at radius 2 is 1.85 bits per heavy atom. The Hall–Kier alpha value is -4.38. The molecule has 3 aliphatic rings. The number of amides is 2. The van der Waals surface area contributed by atoms with E-state index < -0.39 is 17.2 Å². The van der Waals surface area contributed by atoms with E-state index in [4.69, 9.17) is 10.5 Å². The number of fused-ring (bicyclic) bond motifs is 3. The number of carbonyl (C=O) groups excluding carboxylic acids is 3. The van der Waals surface area contributed by atoms with Crippen molar-refractivity contribution in [1.29, 1.82) is 5.26 Å². The van der Waals surface area contributed by atoms with Gasteiger partial charge in [0.1, 0.15) is 29.4 Å². The van der Waals surface area contributed by atoms with E-state index in [1.54, 1.807) is 48.5 Å². The molecule has 2 aromatic carbocycles. The topological polar surface area (TPSA) is 126 Å². The van der Waals surface area contributed by atoms with Crippen molar-refractivity contribution >= 4 is 29.0 Å². The van der Waals surface area contributed by atoms with Gasteiger partial charge in [-0.15, -0.1) is 0 Å². The number of benzene rings is 2. The molecule has 3 N–H and O–H groups in total. The summed E-state index contributed by atoms with van der Waals surface area (Å²) in [5, 5.41) is 12.8. The molecular formula is C25H20N4O4. The molecule has 0 saturated carbocycles. The fraction of sp³-hybridized carbons (Fsp3) is 0.200. The lowest BCUT2D eigenvalue weighted by molar-refractivity contribution is -0.125. The highest BCUT2D eigenvalue weighted by Gasteiger charge is 2.62. The number of ketones is 1. The van der Waals surface area contributed by atoms with Gasteiger partial charge in [0, 0.05) is 29.8 Å². The summed E-state index contributed by atoms with van der Waals surface area (Å²) in [6.45, 7) is -0.289. The minimum Gasteiger partial charge on any atom is -0.444 e. The van der Waals surface area contributed by atoms with E-state index >= 15 is 0 Å². The number of para-hydroxylation sites is 2. The van der Waals surface area contributed by atoms with Crippen molar-refractivity contribution in [3.63, 3.8) is 0 Å². The normalized spacial score (nSPS) is 21.5. The third-order valence-electron chi connectivity index (χ3n) is 6.23. The van der Waals surface area contributed by atoms with Gasteiger partial charge in [0.15, 0.2) is 5.78 Å². The van der Waals surface area contributed by atoms with Crippen molar-refractivity contribution < 1.29 is 19.1 Å².